The smallest absolute Gasteiger partial charge is 0.264 e. The van der Waals surface area contributed by atoms with Crippen molar-refractivity contribution < 1.29 is 23.1 Å². The Bertz CT molecular complexity index is 1480. The fourth-order valence-electron chi connectivity index (χ4n) is 7.16. The summed E-state index contributed by atoms with van der Waals surface area (Å²) in [5, 5.41) is 11.1. The highest BCUT2D eigenvalue weighted by molar-refractivity contribution is 7.90. The van der Waals surface area contributed by atoms with Crippen molar-refractivity contribution >= 4 is 33.2 Å². The van der Waals surface area contributed by atoms with Gasteiger partial charge in [-0.2, -0.15) is 0 Å². The van der Waals surface area contributed by atoms with Crippen LogP contribution in [0.25, 0.3) is 0 Å². The number of benzene rings is 2. The van der Waals surface area contributed by atoms with E-state index in [0.717, 1.165) is 42.8 Å². The Balaban J connectivity index is 1.42. The number of hydrogen-bond acceptors (Lipinski definition) is 6. The van der Waals surface area contributed by atoms with Crippen LogP contribution >= 0.6 is 11.6 Å². The van der Waals surface area contributed by atoms with Gasteiger partial charge in [0, 0.05) is 29.1 Å². The first-order valence-electron chi connectivity index (χ1n) is 14.8. The van der Waals surface area contributed by atoms with Crippen molar-refractivity contribution in [2.75, 3.05) is 24.6 Å². The van der Waals surface area contributed by atoms with Crippen LogP contribution in [-0.4, -0.2) is 50.5 Å². The molecule has 6 rings (SSSR count). The molecular weight excluding hydrogens is 560 g/mol. The quantitative estimate of drug-likeness (QED) is 0.403. The first kappa shape index (κ1) is 28.6. The lowest BCUT2D eigenvalue weighted by Gasteiger charge is -2.45. The van der Waals surface area contributed by atoms with Crippen LogP contribution in [0.4, 0.5) is 5.69 Å². The minimum atomic E-state index is -3.91. The molecule has 1 amide bonds. The summed E-state index contributed by atoms with van der Waals surface area (Å²) < 4.78 is 35.1. The molecule has 4 aliphatic rings. The average Bonchev–Trinajstić information content (AvgIpc) is 3.06. The largest absolute Gasteiger partial charge is 0.490 e. The second-order valence-electron chi connectivity index (χ2n) is 12.6. The maximum Gasteiger partial charge on any atom is 0.264 e. The molecule has 2 aliphatic carbocycles. The number of anilines is 1. The summed E-state index contributed by atoms with van der Waals surface area (Å²) in [5.74, 6) is 0.232. The van der Waals surface area contributed by atoms with Crippen molar-refractivity contribution in [3.63, 3.8) is 0 Å². The number of sulfonamides is 1. The van der Waals surface area contributed by atoms with E-state index in [9.17, 15) is 18.3 Å². The van der Waals surface area contributed by atoms with Crippen LogP contribution in [0.5, 0.6) is 5.75 Å². The number of nitrogens with zero attached hydrogens (tertiary/aromatic N) is 1. The van der Waals surface area contributed by atoms with Gasteiger partial charge >= 0.3 is 0 Å². The van der Waals surface area contributed by atoms with Crippen LogP contribution < -0.4 is 14.4 Å². The molecule has 2 aromatic carbocycles. The monoisotopic (exact) mass is 598 g/mol. The number of fused-ring (bicyclic) bond motifs is 4. The number of ether oxygens (including phenoxy) is 1. The molecule has 1 saturated carbocycles. The predicted molar refractivity (Wildman–Crippen MR) is 161 cm³/mol. The van der Waals surface area contributed by atoms with Gasteiger partial charge in [-0.1, -0.05) is 36.7 Å². The van der Waals surface area contributed by atoms with Crippen LogP contribution in [-0.2, 0) is 21.9 Å². The van der Waals surface area contributed by atoms with Crippen LogP contribution in [0, 0.1) is 17.8 Å². The van der Waals surface area contributed by atoms with E-state index in [2.05, 4.69) is 21.8 Å². The van der Waals surface area contributed by atoms with E-state index in [1.807, 2.05) is 25.1 Å². The summed E-state index contributed by atoms with van der Waals surface area (Å²) in [6.07, 6.45) is 8.58. The summed E-state index contributed by atoms with van der Waals surface area (Å²) in [6, 6.07) is 11.4. The molecule has 0 radical (unpaired) electrons. The predicted octanol–water partition coefficient (Wildman–Crippen LogP) is 5.24. The lowest BCUT2D eigenvalue weighted by atomic mass is 9.68. The van der Waals surface area contributed by atoms with Crippen LogP contribution in [0.15, 0.2) is 48.6 Å². The van der Waals surface area contributed by atoms with Gasteiger partial charge in [-0.15, -0.1) is 0 Å². The van der Waals surface area contributed by atoms with Gasteiger partial charge in [-0.3, -0.25) is 4.79 Å². The molecule has 1 spiro atoms. The molecule has 2 aliphatic heterocycles. The third kappa shape index (κ3) is 5.39. The lowest BCUT2D eigenvalue weighted by molar-refractivity contribution is 0.0456. The zero-order valence-corrected chi connectivity index (χ0v) is 25.3. The summed E-state index contributed by atoms with van der Waals surface area (Å²) in [7, 11) is -3.91. The van der Waals surface area contributed by atoms with Crippen molar-refractivity contribution in [1.29, 1.82) is 0 Å². The second kappa shape index (κ2) is 10.9. The van der Waals surface area contributed by atoms with E-state index in [-0.39, 0.29) is 28.7 Å². The van der Waals surface area contributed by atoms with Crippen molar-refractivity contribution in [1.82, 2.24) is 4.72 Å². The Morgan fingerprint density at radius 2 is 1.98 bits per heavy atom. The van der Waals surface area contributed by atoms with Gasteiger partial charge in [-0.25, -0.2) is 13.1 Å². The SMILES string of the molecule is C[C@@H]1[C@@H](C)C/C=C\[C@H](O)[C@@H]2CC[C@H]2CN2C[C@@]3(CCCc4cc(Cl)ccc43)COc3ccc(cc32)C(=O)NS1(=O)=O. The number of aryl methyl sites for hydroxylation is 1. The average molecular weight is 599 g/mol. The normalized spacial score (nSPS) is 33.8. The number of aliphatic hydroxyl groups excluding tert-OH is 1. The van der Waals surface area contributed by atoms with Gasteiger partial charge in [0.25, 0.3) is 5.91 Å². The Kier molecular flexibility index (Phi) is 7.62. The third-order valence-corrected chi connectivity index (χ3v) is 12.2. The molecular formula is C32H39ClN2O5S. The zero-order valence-electron chi connectivity index (χ0n) is 23.7. The Labute approximate surface area is 248 Å². The Morgan fingerprint density at radius 1 is 1.15 bits per heavy atom. The molecule has 9 heteroatoms. The minimum Gasteiger partial charge on any atom is -0.490 e. The number of allylic oxidation sites excluding steroid dienone is 1. The minimum absolute atomic E-state index is 0.128. The Morgan fingerprint density at radius 3 is 2.76 bits per heavy atom. The van der Waals surface area contributed by atoms with Crippen molar-refractivity contribution in [3.8, 4) is 5.75 Å². The van der Waals surface area contributed by atoms with Crippen LogP contribution in [0.1, 0.15) is 67.4 Å². The molecule has 2 aromatic rings. The number of carbonyl (C=O) groups excluding carboxylic acids is 1. The maximum absolute atomic E-state index is 13.3. The fourth-order valence-corrected chi connectivity index (χ4v) is 8.64. The molecule has 2 N–H and O–H groups in total. The molecule has 0 unspecified atom stereocenters. The van der Waals surface area contributed by atoms with Gasteiger partial charge in [-0.05, 0) is 105 Å². The molecule has 0 aromatic heterocycles. The Hall–Kier alpha value is -2.55. The number of carbonyl (C=O) groups is 1. The summed E-state index contributed by atoms with van der Waals surface area (Å²) in [5.41, 5.74) is 3.33. The number of nitrogens with one attached hydrogen (secondary N) is 1. The topological polar surface area (TPSA) is 95.9 Å². The van der Waals surface area contributed by atoms with Crippen LogP contribution in [0.2, 0.25) is 5.02 Å². The zero-order chi connectivity index (χ0) is 28.9. The molecule has 1 fully saturated rings. The van der Waals surface area contributed by atoms with Gasteiger partial charge in [0.05, 0.1) is 23.6 Å². The molecule has 2 heterocycles. The lowest BCUT2D eigenvalue weighted by Crippen LogP contribution is -2.49. The van der Waals surface area contributed by atoms with Crippen molar-refractivity contribution in [3.05, 3.63) is 70.3 Å². The number of halogens is 1. The molecule has 41 heavy (non-hydrogen) atoms. The summed E-state index contributed by atoms with van der Waals surface area (Å²) in [4.78, 5) is 15.6. The molecule has 7 nitrogen and oxygen atoms in total. The highest BCUT2D eigenvalue weighted by atomic mass is 35.5. The second-order valence-corrected chi connectivity index (χ2v) is 15.1. The van der Waals surface area contributed by atoms with E-state index in [1.165, 1.54) is 11.1 Å². The van der Waals surface area contributed by atoms with Gasteiger partial charge < -0.3 is 14.7 Å². The molecule has 0 saturated heterocycles. The summed E-state index contributed by atoms with van der Waals surface area (Å²) in [6.45, 7) is 5.39. The van der Waals surface area contributed by atoms with Crippen molar-refractivity contribution in [2.45, 2.75) is 69.1 Å². The van der Waals surface area contributed by atoms with E-state index in [4.69, 9.17) is 16.3 Å². The summed E-state index contributed by atoms with van der Waals surface area (Å²) >= 11 is 6.38. The number of amides is 1. The maximum atomic E-state index is 13.3. The van der Waals surface area contributed by atoms with Gasteiger partial charge in [0.1, 0.15) is 5.75 Å². The highest BCUT2D eigenvalue weighted by Gasteiger charge is 2.44. The van der Waals surface area contributed by atoms with Crippen LogP contribution in [0.3, 0.4) is 0 Å². The number of hydrogen-bond donors (Lipinski definition) is 2. The van der Waals surface area contributed by atoms with Gasteiger partial charge in [0.2, 0.25) is 10.0 Å². The number of rotatable bonds is 0. The van der Waals surface area contributed by atoms with E-state index >= 15 is 0 Å². The number of aliphatic hydroxyl groups is 1. The molecule has 220 valence electrons. The first-order chi connectivity index (χ1) is 19.6. The van der Waals surface area contributed by atoms with Gasteiger partial charge in [0.15, 0.2) is 0 Å². The molecule has 2 bridgehead atoms. The molecule has 6 atom stereocenters. The van der Waals surface area contributed by atoms with E-state index in [1.54, 1.807) is 25.1 Å². The highest BCUT2D eigenvalue weighted by Crippen LogP contribution is 2.46. The standard InChI is InChI=1S/C32H39ClN2O5S/c1-20-5-3-7-29(36)26-11-8-24(26)17-35-18-32(14-4-6-22-15-25(33)10-12-27(22)32)19-40-30-13-9-23(16-28(30)35)31(37)34-41(38,39)21(20)2/h3,7,9-10,12-13,15-16,20-21,24,26,29,36H,4-6,8,11,14,17-19H2,1-2H3,(H,34,37)/b7-3-/t20-,21+,24-,26+,29-,32-/m0/s1. The van der Waals surface area contributed by atoms with E-state index in [0.29, 0.717) is 31.9 Å². The fraction of sp³-hybridized carbons (Fsp3) is 0.531. The van der Waals surface area contributed by atoms with Crippen molar-refractivity contribution in [2.24, 2.45) is 17.8 Å². The van der Waals surface area contributed by atoms with E-state index < -0.39 is 27.3 Å². The first-order valence-corrected chi connectivity index (χ1v) is 16.7. The third-order valence-electron chi connectivity index (χ3n) is 10.0.